The molecule has 0 fully saturated rings. The van der Waals surface area contributed by atoms with E-state index >= 15 is 0 Å². The van der Waals surface area contributed by atoms with Crippen LogP contribution in [0.25, 0.3) is 16.9 Å². The number of rotatable bonds is 3. The molecule has 0 aliphatic carbocycles. The maximum atomic E-state index is 13.7. The third kappa shape index (κ3) is 3.47. The molecule has 2 heterocycles. The van der Waals surface area contributed by atoms with Gasteiger partial charge in [-0.05, 0) is 48.5 Å². The standard InChI is InChI=1S/C20H11F5N4O/c21-14-4-1-3-13(16(14)22)18(30)27-11-6-8-12(9-7-11)29-17-15(5-2-10-26-17)28-19(29)20(23,24)25/h1-10H,(H,27,30). The molecule has 0 saturated heterocycles. The number of anilines is 1. The molecule has 152 valence electrons. The summed E-state index contributed by atoms with van der Waals surface area (Å²) >= 11 is 0. The number of benzene rings is 2. The largest absolute Gasteiger partial charge is 0.450 e. The van der Waals surface area contributed by atoms with Crippen molar-refractivity contribution in [1.82, 2.24) is 14.5 Å². The van der Waals surface area contributed by atoms with Crippen LogP contribution in [0.4, 0.5) is 27.6 Å². The van der Waals surface area contributed by atoms with Gasteiger partial charge in [-0.2, -0.15) is 13.2 Å². The average molecular weight is 418 g/mol. The van der Waals surface area contributed by atoms with Gasteiger partial charge in [0.2, 0.25) is 5.82 Å². The van der Waals surface area contributed by atoms with E-state index in [2.05, 4.69) is 15.3 Å². The fourth-order valence-corrected chi connectivity index (χ4v) is 2.92. The molecule has 0 atom stereocenters. The second-order valence-electron chi connectivity index (χ2n) is 6.22. The smallest absolute Gasteiger partial charge is 0.322 e. The summed E-state index contributed by atoms with van der Waals surface area (Å²) in [4.78, 5) is 19.8. The second-order valence-corrected chi connectivity index (χ2v) is 6.22. The van der Waals surface area contributed by atoms with E-state index in [9.17, 15) is 26.7 Å². The van der Waals surface area contributed by atoms with Gasteiger partial charge in [-0.15, -0.1) is 0 Å². The quantitative estimate of drug-likeness (QED) is 0.478. The molecule has 0 bridgehead atoms. The number of alkyl halides is 3. The van der Waals surface area contributed by atoms with Gasteiger partial charge in [0.15, 0.2) is 17.3 Å². The third-order valence-electron chi connectivity index (χ3n) is 4.25. The number of amides is 1. The van der Waals surface area contributed by atoms with Crippen LogP contribution in [-0.4, -0.2) is 20.4 Å². The van der Waals surface area contributed by atoms with E-state index in [0.717, 1.165) is 16.7 Å². The highest BCUT2D eigenvalue weighted by Gasteiger charge is 2.38. The van der Waals surface area contributed by atoms with Crippen molar-refractivity contribution in [3.05, 3.63) is 83.8 Å². The average Bonchev–Trinajstić information content (AvgIpc) is 3.11. The van der Waals surface area contributed by atoms with E-state index in [1.807, 2.05) is 0 Å². The Labute approximate surface area is 165 Å². The first-order valence-corrected chi connectivity index (χ1v) is 8.52. The lowest BCUT2D eigenvalue weighted by molar-refractivity contribution is -0.145. The van der Waals surface area contributed by atoms with E-state index in [1.54, 1.807) is 0 Å². The summed E-state index contributed by atoms with van der Waals surface area (Å²) in [6.45, 7) is 0. The zero-order valence-corrected chi connectivity index (χ0v) is 14.9. The summed E-state index contributed by atoms with van der Waals surface area (Å²) in [5.74, 6) is -4.50. The molecule has 0 spiro atoms. The Balaban J connectivity index is 1.68. The zero-order chi connectivity index (χ0) is 21.5. The molecule has 2 aromatic heterocycles. The van der Waals surface area contributed by atoms with Gasteiger partial charge < -0.3 is 5.32 Å². The Bertz CT molecular complexity index is 1250. The van der Waals surface area contributed by atoms with E-state index in [1.165, 1.54) is 48.7 Å². The van der Waals surface area contributed by atoms with Crippen LogP contribution >= 0.6 is 0 Å². The zero-order valence-electron chi connectivity index (χ0n) is 14.9. The van der Waals surface area contributed by atoms with Crippen molar-refractivity contribution < 1.29 is 26.7 Å². The Morgan fingerprint density at radius 2 is 1.70 bits per heavy atom. The predicted molar refractivity (Wildman–Crippen MR) is 98.2 cm³/mol. The van der Waals surface area contributed by atoms with Crippen LogP contribution in [0.15, 0.2) is 60.8 Å². The summed E-state index contributed by atoms with van der Waals surface area (Å²) in [7, 11) is 0. The van der Waals surface area contributed by atoms with Gasteiger partial charge in [0.1, 0.15) is 5.52 Å². The number of nitrogens with one attached hydrogen (secondary N) is 1. The first-order chi connectivity index (χ1) is 14.3. The number of pyridine rings is 1. The first kappa shape index (κ1) is 19.5. The molecule has 30 heavy (non-hydrogen) atoms. The number of halogens is 5. The highest BCUT2D eigenvalue weighted by atomic mass is 19.4. The fourth-order valence-electron chi connectivity index (χ4n) is 2.92. The number of aromatic nitrogens is 3. The minimum Gasteiger partial charge on any atom is -0.322 e. The summed E-state index contributed by atoms with van der Waals surface area (Å²) in [5, 5.41) is 2.37. The molecule has 10 heteroatoms. The van der Waals surface area contributed by atoms with E-state index < -0.39 is 35.1 Å². The summed E-state index contributed by atoms with van der Waals surface area (Å²) in [5.41, 5.74) is -0.118. The third-order valence-corrected chi connectivity index (χ3v) is 4.25. The molecule has 0 aliphatic rings. The van der Waals surface area contributed by atoms with Crippen molar-refractivity contribution in [3.63, 3.8) is 0 Å². The number of hydrogen-bond donors (Lipinski definition) is 1. The SMILES string of the molecule is O=C(Nc1ccc(-n2c(C(F)(F)F)nc3cccnc32)cc1)c1cccc(F)c1F. The van der Waals surface area contributed by atoms with Crippen LogP contribution in [0.2, 0.25) is 0 Å². The van der Waals surface area contributed by atoms with Gasteiger partial charge in [-0.1, -0.05) is 6.07 Å². The van der Waals surface area contributed by atoms with Crippen molar-refractivity contribution in [2.75, 3.05) is 5.32 Å². The Kier molecular flexibility index (Phi) is 4.69. The van der Waals surface area contributed by atoms with Crippen molar-refractivity contribution in [2.24, 2.45) is 0 Å². The van der Waals surface area contributed by atoms with Crippen LogP contribution in [-0.2, 0) is 6.18 Å². The first-order valence-electron chi connectivity index (χ1n) is 8.52. The Morgan fingerprint density at radius 3 is 2.40 bits per heavy atom. The van der Waals surface area contributed by atoms with Crippen LogP contribution in [0.3, 0.4) is 0 Å². The highest BCUT2D eigenvalue weighted by molar-refractivity contribution is 6.04. The lowest BCUT2D eigenvalue weighted by Gasteiger charge is -2.12. The lowest BCUT2D eigenvalue weighted by atomic mass is 10.2. The molecule has 1 amide bonds. The van der Waals surface area contributed by atoms with Gasteiger partial charge in [0.05, 0.1) is 5.56 Å². The fraction of sp³-hybridized carbons (Fsp3) is 0.0500. The minimum absolute atomic E-state index is 0.0171. The number of fused-ring (bicyclic) bond motifs is 1. The number of imidazole rings is 1. The van der Waals surface area contributed by atoms with Gasteiger partial charge >= 0.3 is 6.18 Å². The molecule has 1 N–H and O–H groups in total. The van der Waals surface area contributed by atoms with Gasteiger partial charge in [-0.25, -0.2) is 18.7 Å². The maximum Gasteiger partial charge on any atom is 0.450 e. The highest BCUT2D eigenvalue weighted by Crippen LogP contribution is 2.33. The van der Waals surface area contributed by atoms with Crippen molar-refractivity contribution in [3.8, 4) is 5.69 Å². The normalized spacial score (nSPS) is 11.6. The molecule has 5 nitrogen and oxygen atoms in total. The number of carbonyl (C=O) groups is 1. The van der Waals surface area contributed by atoms with E-state index in [-0.39, 0.29) is 22.5 Å². The van der Waals surface area contributed by atoms with Crippen LogP contribution in [0.1, 0.15) is 16.2 Å². The van der Waals surface area contributed by atoms with E-state index in [4.69, 9.17) is 0 Å². The van der Waals surface area contributed by atoms with Crippen LogP contribution < -0.4 is 5.32 Å². The molecule has 4 aromatic rings. The van der Waals surface area contributed by atoms with Crippen molar-refractivity contribution in [2.45, 2.75) is 6.18 Å². The van der Waals surface area contributed by atoms with Crippen molar-refractivity contribution in [1.29, 1.82) is 0 Å². The molecule has 0 unspecified atom stereocenters. The summed E-state index contributed by atoms with van der Waals surface area (Å²) < 4.78 is 68.2. The molecule has 4 rings (SSSR count). The molecule has 2 aromatic carbocycles. The van der Waals surface area contributed by atoms with Crippen LogP contribution in [0, 0.1) is 11.6 Å². The maximum absolute atomic E-state index is 13.7. The number of nitrogens with zero attached hydrogens (tertiary/aromatic N) is 3. The molecule has 0 saturated carbocycles. The monoisotopic (exact) mass is 418 g/mol. The summed E-state index contributed by atoms with van der Waals surface area (Å²) in [6.07, 6.45) is -3.37. The van der Waals surface area contributed by atoms with Gasteiger partial charge in [-0.3, -0.25) is 9.36 Å². The van der Waals surface area contributed by atoms with Crippen molar-refractivity contribution >= 4 is 22.8 Å². The topological polar surface area (TPSA) is 59.8 Å². The number of carbonyl (C=O) groups excluding carboxylic acids is 1. The van der Waals surface area contributed by atoms with Gasteiger partial charge in [0.25, 0.3) is 5.91 Å². The van der Waals surface area contributed by atoms with Crippen LogP contribution in [0.5, 0.6) is 0 Å². The molecular weight excluding hydrogens is 407 g/mol. The van der Waals surface area contributed by atoms with E-state index in [0.29, 0.717) is 0 Å². The lowest BCUT2D eigenvalue weighted by Crippen LogP contribution is -2.15. The van der Waals surface area contributed by atoms with Gasteiger partial charge in [0, 0.05) is 17.6 Å². The predicted octanol–water partition coefficient (Wildman–Crippen LogP) is 4.97. The molecular formula is C20H11F5N4O. The number of hydrogen-bond acceptors (Lipinski definition) is 3. The summed E-state index contributed by atoms with van der Waals surface area (Å²) in [6, 6.07) is 11.4. The Hall–Kier alpha value is -3.82. The second kappa shape index (κ2) is 7.21. The molecule has 0 aliphatic heterocycles. The minimum atomic E-state index is -4.72. The molecule has 0 radical (unpaired) electrons. The Morgan fingerprint density at radius 1 is 0.967 bits per heavy atom.